The predicted octanol–water partition coefficient (Wildman–Crippen LogP) is 0.370. The lowest BCUT2D eigenvalue weighted by Crippen LogP contribution is -2.31. The summed E-state index contributed by atoms with van der Waals surface area (Å²) in [7, 11) is 0. The van der Waals surface area contributed by atoms with Crippen LogP contribution in [0.3, 0.4) is 0 Å². The van der Waals surface area contributed by atoms with E-state index in [1.54, 1.807) is 24.3 Å². The summed E-state index contributed by atoms with van der Waals surface area (Å²) >= 11 is 2.46. The van der Waals surface area contributed by atoms with Gasteiger partial charge in [0.25, 0.3) is 0 Å². The van der Waals surface area contributed by atoms with Crippen molar-refractivity contribution in [1.29, 1.82) is 0 Å². The molecule has 0 aromatic heterocycles. The highest BCUT2D eigenvalue weighted by molar-refractivity contribution is 7.80. The fourth-order valence-electron chi connectivity index (χ4n) is 1.12. The number of anilines is 1. The average Bonchev–Trinajstić information content (AvgIpc) is 2.28. The van der Waals surface area contributed by atoms with E-state index < -0.39 is 11.1 Å². The van der Waals surface area contributed by atoms with Crippen molar-refractivity contribution in [3.05, 3.63) is 29.8 Å². The Bertz CT molecular complexity index is 410. The number of nitrogens with one attached hydrogen (secondary N) is 1. The van der Waals surface area contributed by atoms with Crippen LogP contribution in [0.25, 0.3) is 0 Å². The number of thiocarbonyl (C=S) groups is 1. The van der Waals surface area contributed by atoms with Crippen molar-refractivity contribution < 1.29 is 14.0 Å². The van der Waals surface area contributed by atoms with E-state index in [0.717, 1.165) is 10.6 Å². The van der Waals surface area contributed by atoms with Gasteiger partial charge in [0.2, 0.25) is 0 Å². The molecule has 1 aromatic rings. The lowest BCUT2D eigenvalue weighted by atomic mass is 10.2. The Morgan fingerprint density at radius 1 is 1.53 bits per heavy atom. The van der Waals surface area contributed by atoms with Gasteiger partial charge in [0.15, 0.2) is 5.11 Å². The zero-order valence-electron chi connectivity index (χ0n) is 8.83. The first kappa shape index (κ1) is 13.8. The molecule has 0 spiro atoms. The molecule has 0 aliphatic carbocycles. The van der Waals surface area contributed by atoms with Crippen LogP contribution in [-0.4, -0.2) is 30.0 Å². The van der Waals surface area contributed by atoms with Crippen molar-refractivity contribution in [1.82, 2.24) is 5.06 Å². The van der Waals surface area contributed by atoms with Gasteiger partial charge in [-0.15, -0.1) is 0 Å². The Balaban J connectivity index is 2.55. The summed E-state index contributed by atoms with van der Waals surface area (Å²) in [6.07, 6.45) is 0. The molecule has 17 heavy (non-hydrogen) atoms. The van der Waals surface area contributed by atoms with Crippen LogP contribution in [0.4, 0.5) is 5.69 Å². The Labute approximate surface area is 107 Å². The molecule has 1 atom stereocenters. The monoisotopic (exact) mass is 274 g/mol. The van der Waals surface area contributed by atoms with Crippen LogP contribution >= 0.6 is 12.2 Å². The van der Waals surface area contributed by atoms with Crippen LogP contribution in [0.5, 0.6) is 0 Å². The first-order valence-electron chi connectivity index (χ1n) is 4.63. The highest BCUT2D eigenvalue weighted by Gasteiger charge is 2.03. The number of hydroxylamine groups is 2. The smallest absolute Gasteiger partial charge is 0.190 e. The highest BCUT2D eigenvalue weighted by atomic mass is 32.2. The van der Waals surface area contributed by atoms with E-state index in [0.29, 0.717) is 5.69 Å². The van der Waals surface area contributed by atoms with Crippen molar-refractivity contribution in [2.75, 3.05) is 11.2 Å². The predicted molar refractivity (Wildman–Crippen MR) is 68.0 cm³/mol. The van der Waals surface area contributed by atoms with Crippen LogP contribution in [0.2, 0.25) is 0 Å². The van der Waals surface area contributed by atoms with Crippen LogP contribution in [0.15, 0.2) is 24.3 Å². The molecule has 0 bridgehead atoms. The largest absolute Gasteiger partial charge is 0.771 e. The van der Waals surface area contributed by atoms with E-state index in [2.05, 4.69) is 17.5 Å². The molecule has 6 nitrogen and oxygen atoms in total. The summed E-state index contributed by atoms with van der Waals surface area (Å²) in [6.45, 7) is 0.184. The first-order chi connectivity index (χ1) is 7.99. The van der Waals surface area contributed by atoms with Gasteiger partial charge in [0.05, 0.1) is 12.4 Å². The normalized spacial score (nSPS) is 11.9. The SMILES string of the molecule is NC(=S)N(O)Cc1ccc(NCS(=O)[O-])cc1. The maximum Gasteiger partial charge on any atom is 0.190 e. The van der Waals surface area contributed by atoms with Crippen LogP contribution in [0, 0.1) is 0 Å². The van der Waals surface area contributed by atoms with Crippen LogP contribution in [0.1, 0.15) is 5.56 Å². The minimum absolute atomic E-state index is 0.103. The van der Waals surface area contributed by atoms with Crippen molar-refractivity contribution in [3.63, 3.8) is 0 Å². The second-order valence-corrected chi connectivity index (χ2v) is 4.53. The standard InChI is InChI=1S/C9H13N3O3S2/c10-9(16)12(13)5-7-1-3-8(4-2-7)11-6-17(14)15/h1-4,11,13H,5-6H2,(H2,10,16)(H,14,15)/p-1. The Morgan fingerprint density at radius 3 is 2.59 bits per heavy atom. The number of rotatable bonds is 5. The molecule has 1 unspecified atom stereocenters. The van der Waals surface area contributed by atoms with E-state index in [1.165, 1.54) is 0 Å². The second kappa shape index (κ2) is 6.50. The maximum absolute atomic E-state index is 10.3. The Kier molecular flexibility index (Phi) is 5.29. The third kappa shape index (κ3) is 5.09. The van der Waals surface area contributed by atoms with E-state index in [-0.39, 0.29) is 17.5 Å². The van der Waals surface area contributed by atoms with Gasteiger partial charge in [-0.1, -0.05) is 12.1 Å². The highest BCUT2D eigenvalue weighted by Crippen LogP contribution is 2.10. The molecule has 0 aliphatic rings. The summed E-state index contributed by atoms with van der Waals surface area (Å²) in [4.78, 5) is 0. The molecule has 0 amide bonds. The molecule has 0 aliphatic heterocycles. The van der Waals surface area contributed by atoms with E-state index in [9.17, 15) is 14.0 Å². The number of benzene rings is 1. The first-order valence-corrected chi connectivity index (χ1v) is 6.29. The molecule has 1 rings (SSSR count). The Hall–Kier alpha value is -1.22. The lowest BCUT2D eigenvalue weighted by molar-refractivity contribution is -0.0211. The molecule has 4 N–H and O–H groups in total. The fraction of sp³-hybridized carbons (Fsp3) is 0.222. The topological polar surface area (TPSA) is 102 Å². The van der Waals surface area contributed by atoms with Gasteiger partial charge in [0, 0.05) is 5.69 Å². The molecular weight excluding hydrogens is 262 g/mol. The second-order valence-electron chi connectivity index (χ2n) is 3.22. The molecular formula is C9H12N3O3S2-. The fourth-order valence-corrected chi connectivity index (χ4v) is 1.47. The average molecular weight is 274 g/mol. The summed E-state index contributed by atoms with van der Waals surface area (Å²) in [6, 6.07) is 6.88. The summed E-state index contributed by atoms with van der Waals surface area (Å²) in [5.74, 6) is -0.141. The zero-order chi connectivity index (χ0) is 12.8. The van der Waals surface area contributed by atoms with E-state index >= 15 is 0 Å². The minimum atomic E-state index is -2.13. The molecule has 0 saturated heterocycles. The van der Waals surface area contributed by atoms with Crippen molar-refractivity contribution in [2.24, 2.45) is 5.73 Å². The summed E-state index contributed by atoms with van der Waals surface area (Å²) < 4.78 is 20.7. The molecule has 8 heteroatoms. The molecule has 0 saturated carbocycles. The molecule has 0 heterocycles. The molecule has 0 radical (unpaired) electrons. The van der Waals surface area contributed by atoms with Crippen molar-refractivity contribution >= 4 is 34.1 Å². The van der Waals surface area contributed by atoms with Gasteiger partial charge in [-0.3, -0.25) is 9.42 Å². The van der Waals surface area contributed by atoms with E-state index in [4.69, 9.17) is 5.73 Å². The number of hydrogen-bond acceptors (Lipinski definition) is 5. The van der Waals surface area contributed by atoms with Gasteiger partial charge in [-0.25, -0.2) is 5.06 Å². The van der Waals surface area contributed by atoms with Crippen molar-refractivity contribution in [3.8, 4) is 0 Å². The minimum Gasteiger partial charge on any atom is -0.771 e. The summed E-state index contributed by atoms with van der Waals surface area (Å²) in [5, 5.41) is 12.7. The van der Waals surface area contributed by atoms with Gasteiger partial charge < -0.3 is 15.6 Å². The Morgan fingerprint density at radius 2 is 2.12 bits per heavy atom. The number of nitrogens with two attached hydrogens (primary N) is 1. The number of nitrogens with zero attached hydrogens (tertiary/aromatic N) is 1. The van der Waals surface area contributed by atoms with E-state index in [1.807, 2.05) is 0 Å². The van der Waals surface area contributed by atoms with Gasteiger partial charge in [-0.2, -0.15) is 0 Å². The third-order valence-corrected chi connectivity index (χ3v) is 2.53. The number of hydrogen-bond donors (Lipinski definition) is 3. The van der Waals surface area contributed by atoms with Crippen molar-refractivity contribution in [2.45, 2.75) is 6.54 Å². The van der Waals surface area contributed by atoms with Crippen LogP contribution < -0.4 is 11.1 Å². The quantitative estimate of drug-likeness (QED) is 0.405. The zero-order valence-corrected chi connectivity index (χ0v) is 10.5. The van der Waals surface area contributed by atoms with Gasteiger partial charge in [-0.05, 0) is 41.0 Å². The maximum atomic E-state index is 10.3. The third-order valence-electron chi connectivity index (χ3n) is 1.93. The molecule has 1 aromatic carbocycles. The summed E-state index contributed by atoms with van der Waals surface area (Å²) in [5.41, 5.74) is 6.70. The van der Waals surface area contributed by atoms with Gasteiger partial charge in [0.1, 0.15) is 0 Å². The molecule has 94 valence electrons. The van der Waals surface area contributed by atoms with Gasteiger partial charge >= 0.3 is 0 Å². The molecule has 0 fully saturated rings. The van der Waals surface area contributed by atoms with Crippen LogP contribution in [-0.2, 0) is 17.6 Å². The lowest BCUT2D eigenvalue weighted by Gasteiger charge is -2.14.